The third-order valence-corrected chi connectivity index (χ3v) is 1.55. The van der Waals surface area contributed by atoms with Gasteiger partial charge in [-0.2, -0.15) is 0 Å². The molecule has 0 aliphatic heterocycles. The van der Waals surface area contributed by atoms with Crippen molar-refractivity contribution in [1.82, 2.24) is 5.32 Å². The van der Waals surface area contributed by atoms with Crippen LogP contribution in [0.15, 0.2) is 0 Å². The van der Waals surface area contributed by atoms with Gasteiger partial charge in [0, 0.05) is 6.54 Å². The van der Waals surface area contributed by atoms with Gasteiger partial charge < -0.3 is 26.0 Å². The zero-order valence-corrected chi connectivity index (χ0v) is 9.56. The van der Waals surface area contributed by atoms with Gasteiger partial charge in [-0.05, 0) is 20.8 Å². The van der Waals surface area contributed by atoms with Gasteiger partial charge >= 0.3 is 12.1 Å². The molecule has 0 heterocycles. The lowest BCUT2D eigenvalue weighted by atomic mass is 10.2. The summed E-state index contributed by atoms with van der Waals surface area (Å²) in [5.41, 5.74) is 4.48. The first-order valence-corrected chi connectivity index (χ1v) is 4.77. The highest BCUT2D eigenvalue weighted by atomic mass is 16.6. The van der Waals surface area contributed by atoms with Gasteiger partial charge in [0.2, 0.25) is 0 Å². The number of carboxylic acid groups (broad SMARTS) is 1. The van der Waals surface area contributed by atoms with Gasteiger partial charge in [-0.15, -0.1) is 0 Å². The molecule has 0 aromatic carbocycles. The Morgan fingerprint density at radius 3 is 2.31 bits per heavy atom. The summed E-state index contributed by atoms with van der Waals surface area (Å²) in [6.45, 7) is 4.78. The summed E-state index contributed by atoms with van der Waals surface area (Å²) in [4.78, 5) is 21.5. The van der Waals surface area contributed by atoms with Crippen LogP contribution in [-0.4, -0.2) is 46.6 Å². The highest BCUT2D eigenvalue weighted by molar-refractivity contribution is 5.74. The van der Waals surface area contributed by atoms with E-state index < -0.39 is 29.8 Å². The summed E-state index contributed by atoms with van der Waals surface area (Å²) in [7, 11) is 0. The summed E-state index contributed by atoms with van der Waals surface area (Å²) in [6.07, 6.45) is -2.09. The van der Waals surface area contributed by atoms with E-state index in [9.17, 15) is 14.7 Å². The van der Waals surface area contributed by atoms with E-state index in [-0.39, 0.29) is 6.54 Å². The average molecular weight is 234 g/mol. The maximum absolute atomic E-state index is 11.1. The van der Waals surface area contributed by atoms with Gasteiger partial charge in [-0.25, -0.2) is 4.79 Å². The van der Waals surface area contributed by atoms with Crippen molar-refractivity contribution in [2.24, 2.45) is 5.73 Å². The molecule has 5 N–H and O–H groups in total. The molecule has 0 aromatic rings. The molecule has 0 saturated heterocycles. The molecule has 0 aromatic heterocycles. The minimum absolute atomic E-state index is 0.275. The number of amides is 1. The molecule has 16 heavy (non-hydrogen) atoms. The second-order valence-corrected chi connectivity index (χ2v) is 4.31. The molecule has 94 valence electrons. The molecule has 0 rings (SSSR count). The highest BCUT2D eigenvalue weighted by Gasteiger charge is 2.23. The zero-order valence-electron chi connectivity index (χ0n) is 9.56. The average Bonchev–Trinajstić information content (AvgIpc) is 2.09. The van der Waals surface area contributed by atoms with Gasteiger partial charge in [0.05, 0.1) is 6.10 Å². The van der Waals surface area contributed by atoms with Crippen LogP contribution in [0.4, 0.5) is 4.79 Å². The zero-order chi connectivity index (χ0) is 12.9. The van der Waals surface area contributed by atoms with E-state index in [1.165, 1.54) is 0 Å². The van der Waals surface area contributed by atoms with Crippen LogP contribution >= 0.6 is 0 Å². The van der Waals surface area contributed by atoms with Crippen molar-refractivity contribution in [3.05, 3.63) is 0 Å². The third kappa shape index (κ3) is 6.20. The van der Waals surface area contributed by atoms with E-state index in [1.807, 2.05) is 0 Å². The van der Waals surface area contributed by atoms with Gasteiger partial charge in [0.25, 0.3) is 0 Å². The predicted octanol–water partition coefficient (Wildman–Crippen LogP) is -0.716. The number of carboxylic acids is 1. The van der Waals surface area contributed by atoms with Gasteiger partial charge in [-0.3, -0.25) is 4.79 Å². The number of hydrogen-bond donors (Lipinski definition) is 4. The van der Waals surface area contributed by atoms with Gasteiger partial charge in [-0.1, -0.05) is 0 Å². The Morgan fingerprint density at radius 1 is 1.44 bits per heavy atom. The fourth-order valence-corrected chi connectivity index (χ4v) is 0.794. The number of rotatable bonds is 4. The molecule has 0 spiro atoms. The fraction of sp³-hybridized carbons (Fsp3) is 0.778. The first-order chi connectivity index (χ1) is 7.13. The second kappa shape index (κ2) is 5.66. The van der Waals surface area contributed by atoms with Gasteiger partial charge in [0.15, 0.2) is 0 Å². The second-order valence-electron chi connectivity index (χ2n) is 4.31. The van der Waals surface area contributed by atoms with Crippen molar-refractivity contribution < 1.29 is 24.5 Å². The molecule has 0 aliphatic rings. The summed E-state index contributed by atoms with van der Waals surface area (Å²) in [5, 5.41) is 20.0. The molecular weight excluding hydrogens is 216 g/mol. The molecule has 0 aliphatic carbocycles. The molecule has 0 bridgehead atoms. The van der Waals surface area contributed by atoms with Crippen molar-refractivity contribution in [1.29, 1.82) is 0 Å². The largest absolute Gasteiger partial charge is 0.480 e. The number of aliphatic hydroxyl groups is 1. The first kappa shape index (κ1) is 14.7. The van der Waals surface area contributed by atoms with Crippen molar-refractivity contribution in [2.75, 3.05) is 6.54 Å². The van der Waals surface area contributed by atoms with Crippen LogP contribution in [0.1, 0.15) is 20.8 Å². The van der Waals surface area contributed by atoms with E-state index in [4.69, 9.17) is 15.6 Å². The standard InChI is InChI=1S/C9H18N2O5/c1-9(2,3)16-8(15)11-4-5(12)6(10)7(13)14/h5-6,12H,4,10H2,1-3H3,(H,11,15)(H,13,14). The van der Waals surface area contributed by atoms with Crippen LogP contribution in [0.3, 0.4) is 0 Å². The van der Waals surface area contributed by atoms with Crippen molar-refractivity contribution in [3.8, 4) is 0 Å². The van der Waals surface area contributed by atoms with Crippen molar-refractivity contribution in [2.45, 2.75) is 38.5 Å². The molecule has 2 atom stereocenters. The third-order valence-electron chi connectivity index (χ3n) is 1.55. The Kier molecular flexibility index (Phi) is 5.19. The van der Waals surface area contributed by atoms with Crippen LogP contribution in [0, 0.1) is 0 Å². The van der Waals surface area contributed by atoms with Crippen LogP contribution < -0.4 is 11.1 Å². The quantitative estimate of drug-likeness (QED) is 0.509. The molecule has 1 amide bonds. The number of hydrogen-bond acceptors (Lipinski definition) is 5. The molecule has 2 unspecified atom stereocenters. The lowest BCUT2D eigenvalue weighted by Gasteiger charge is -2.21. The number of carbonyl (C=O) groups excluding carboxylic acids is 1. The van der Waals surface area contributed by atoms with E-state index in [0.717, 1.165) is 0 Å². The van der Waals surface area contributed by atoms with Crippen LogP contribution in [0.2, 0.25) is 0 Å². The molecule has 7 heteroatoms. The van der Waals surface area contributed by atoms with E-state index in [0.29, 0.717) is 0 Å². The lowest BCUT2D eigenvalue weighted by Crippen LogP contribution is -2.48. The number of aliphatic hydroxyl groups excluding tert-OH is 1. The minimum Gasteiger partial charge on any atom is -0.480 e. The van der Waals surface area contributed by atoms with Crippen molar-refractivity contribution in [3.63, 3.8) is 0 Å². The Bertz CT molecular complexity index is 261. The number of aliphatic carboxylic acids is 1. The Morgan fingerprint density at radius 2 is 1.94 bits per heavy atom. The van der Waals surface area contributed by atoms with E-state index in [2.05, 4.69) is 5.32 Å². The summed E-state index contributed by atoms with van der Waals surface area (Å²) >= 11 is 0. The maximum atomic E-state index is 11.1. The normalized spacial score (nSPS) is 15.1. The van der Waals surface area contributed by atoms with Crippen LogP contribution in [-0.2, 0) is 9.53 Å². The monoisotopic (exact) mass is 234 g/mol. The Hall–Kier alpha value is -1.34. The SMILES string of the molecule is CC(C)(C)OC(=O)NCC(O)C(N)C(=O)O. The highest BCUT2D eigenvalue weighted by Crippen LogP contribution is 2.06. The predicted molar refractivity (Wildman–Crippen MR) is 55.9 cm³/mol. The number of carbonyl (C=O) groups is 2. The molecule has 0 radical (unpaired) electrons. The van der Waals surface area contributed by atoms with E-state index >= 15 is 0 Å². The van der Waals surface area contributed by atoms with Crippen LogP contribution in [0.5, 0.6) is 0 Å². The summed E-state index contributed by atoms with van der Waals surface area (Å²) in [5.74, 6) is -1.33. The number of alkyl carbamates (subject to hydrolysis) is 1. The minimum atomic E-state index is -1.44. The topological polar surface area (TPSA) is 122 Å². The van der Waals surface area contributed by atoms with E-state index in [1.54, 1.807) is 20.8 Å². The smallest absolute Gasteiger partial charge is 0.407 e. The lowest BCUT2D eigenvalue weighted by molar-refractivity contribution is -0.141. The summed E-state index contributed by atoms with van der Waals surface area (Å²) in [6, 6.07) is -1.44. The van der Waals surface area contributed by atoms with Crippen LogP contribution in [0.25, 0.3) is 0 Å². The molecular formula is C9H18N2O5. The molecule has 0 saturated carbocycles. The maximum Gasteiger partial charge on any atom is 0.407 e. The van der Waals surface area contributed by atoms with Gasteiger partial charge in [0.1, 0.15) is 11.6 Å². The number of nitrogens with one attached hydrogen (secondary N) is 1. The first-order valence-electron chi connectivity index (χ1n) is 4.77. The Labute approximate surface area is 93.6 Å². The number of ether oxygens (including phenoxy) is 1. The van der Waals surface area contributed by atoms with Crippen molar-refractivity contribution >= 4 is 12.1 Å². The fourth-order valence-electron chi connectivity index (χ4n) is 0.794. The molecule has 7 nitrogen and oxygen atoms in total. The summed E-state index contributed by atoms with van der Waals surface area (Å²) < 4.78 is 4.88. The molecule has 0 fully saturated rings. The number of nitrogens with two attached hydrogens (primary N) is 1. The Balaban J connectivity index is 3.97.